The molecular formula is C15H29N3O3. The third kappa shape index (κ3) is 6.33. The number of carbonyl (C=O) groups is 2. The Labute approximate surface area is 127 Å². The minimum absolute atomic E-state index is 0.0352. The monoisotopic (exact) mass is 299 g/mol. The van der Waals surface area contributed by atoms with Gasteiger partial charge in [0.2, 0.25) is 0 Å². The van der Waals surface area contributed by atoms with Crippen LogP contribution in [0.5, 0.6) is 0 Å². The molecule has 0 bridgehead atoms. The topological polar surface area (TPSA) is 81.7 Å². The van der Waals surface area contributed by atoms with E-state index in [0.717, 1.165) is 19.4 Å². The van der Waals surface area contributed by atoms with Crippen LogP contribution in [0.15, 0.2) is 0 Å². The minimum Gasteiger partial charge on any atom is -0.481 e. The van der Waals surface area contributed by atoms with Gasteiger partial charge in [-0.2, -0.15) is 0 Å². The number of likely N-dealkylation sites (N-methyl/N-ethyl adjacent to an activating group) is 1. The Morgan fingerprint density at radius 1 is 1.29 bits per heavy atom. The molecular weight excluding hydrogens is 270 g/mol. The largest absolute Gasteiger partial charge is 0.481 e. The van der Waals surface area contributed by atoms with Gasteiger partial charge in [-0.1, -0.05) is 20.3 Å². The number of aliphatic carboxylic acids is 1. The lowest BCUT2D eigenvalue weighted by Gasteiger charge is -2.30. The van der Waals surface area contributed by atoms with Gasteiger partial charge in [-0.15, -0.1) is 0 Å². The SMILES string of the molecule is CC(C)C(CN(C)C)NC(=O)NC1CCCC(C(=O)O)C1. The van der Waals surface area contributed by atoms with Crippen LogP contribution in [0.4, 0.5) is 4.79 Å². The Balaban J connectivity index is 2.46. The molecule has 6 nitrogen and oxygen atoms in total. The van der Waals surface area contributed by atoms with E-state index in [0.29, 0.717) is 18.8 Å². The van der Waals surface area contributed by atoms with E-state index in [4.69, 9.17) is 5.11 Å². The van der Waals surface area contributed by atoms with Crippen molar-refractivity contribution in [1.29, 1.82) is 0 Å². The Kier molecular flexibility index (Phi) is 6.95. The van der Waals surface area contributed by atoms with Crippen molar-refractivity contribution < 1.29 is 14.7 Å². The van der Waals surface area contributed by atoms with E-state index >= 15 is 0 Å². The second-order valence-electron chi connectivity index (χ2n) is 6.63. The third-order valence-electron chi connectivity index (χ3n) is 4.04. The number of carbonyl (C=O) groups excluding carboxylic acids is 1. The van der Waals surface area contributed by atoms with Crippen LogP contribution in [-0.2, 0) is 4.79 Å². The molecule has 6 heteroatoms. The second kappa shape index (κ2) is 8.22. The van der Waals surface area contributed by atoms with Crippen LogP contribution in [0.25, 0.3) is 0 Å². The molecule has 1 fully saturated rings. The Morgan fingerprint density at radius 2 is 1.95 bits per heavy atom. The summed E-state index contributed by atoms with van der Waals surface area (Å²) in [5.41, 5.74) is 0. The molecule has 0 aromatic carbocycles. The fourth-order valence-corrected chi connectivity index (χ4v) is 2.76. The number of rotatable bonds is 6. The van der Waals surface area contributed by atoms with Crippen molar-refractivity contribution in [2.45, 2.75) is 51.6 Å². The van der Waals surface area contributed by atoms with Crippen LogP contribution in [0, 0.1) is 11.8 Å². The van der Waals surface area contributed by atoms with Gasteiger partial charge in [-0.25, -0.2) is 4.79 Å². The molecule has 1 aliphatic rings. The zero-order valence-electron chi connectivity index (χ0n) is 13.6. The first-order valence-electron chi connectivity index (χ1n) is 7.74. The Hall–Kier alpha value is -1.30. The molecule has 1 aliphatic carbocycles. The quantitative estimate of drug-likeness (QED) is 0.694. The third-order valence-corrected chi connectivity index (χ3v) is 4.04. The minimum atomic E-state index is -0.755. The van der Waals surface area contributed by atoms with Crippen LogP contribution in [0.1, 0.15) is 39.5 Å². The molecule has 3 atom stereocenters. The van der Waals surface area contributed by atoms with E-state index in [9.17, 15) is 9.59 Å². The van der Waals surface area contributed by atoms with Crippen molar-refractivity contribution in [2.24, 2.45) is 11.8 Å². The zero-order valence-corrected chi connectivity index (χ0v) is 13.6. The van der Waals surface area contributed by atoms with Crippen molar-refractivity contribution >= 4 is 12.0 Å². The van der Waals surface area contributed by atoms with Gasteiger partial charge in [0.1, 0.15) is 0 Å². The zero-order chi connectivity index (χ0) is 16.0. The standard InChI is InChI=1S/C15H29N3O3/c1-10(2)13(9-18(3)4)17-15(21)16-12-7-5-6-11(8-12)14(19)20/h10-13H,5-9H2,1-4H3,(H,19,20)(H2,16,17,21). The highest BCUT2D eigenvalue weighted by molar-refractivity contribution is 5.75. The number of amides is 2. The van der Waals surface area contributed by atoms with E-state index in [2.05, 4.69) is 24.5 Å². The van der Waals surface area contributed by atoms with Gasteiger partial charge in [0.05, 0.1) is 5.92 Å². The molecule has 0 saturated heterocycles. The summed E-state index contributed by atoms with van der Waals surface area (Å²) in [7, 11) is 3.96. The van der Waals surface area contributed by atoms with Gasteiger partial charge in [0.25, 0.3) is 0 Å². The first kappa shape index (κ1) is 17.8. The summed E-state index contributed by atoms with van der Waals surface area (Å²) in [5, 5.41) is 15.0. The lowest BCUT2D eigenvalue weighted by Crippen LogP contribution is -2.52. The van der Waals surface area contributed by atoms with Gasteiger partial charge < -0.3 is 20.6 Å². The number of carboxylic acids is 1. The molecule has 0 radical (unpaired) electrons. The van der Waals surface area contributed by atoms with Gasteiger partial charge in [0.15, 0.2) is 0 Å². The lowest BCUT2D eigenvalue weighted by molar-refractivity contribution is -0.143. The number of nitrogens with zero attached hydrogens (tertiary/aromatic N) is 1. The fraction of sp³-hybridized carbons (Fsp3) is 0.867. The first-order chi connectivity index (χ1) is 9.79. The molecule has 122 valence electrons. The fourth-order valence-electron chi connectivity index (χ4n) is 2.76. The van der Waals surface area contributed by atoms with E-state index in [1.807, 2.05) is 19.0 Å². The Bertz CT molecular complexity index is 358. The summed E-state index contributed by atoms with van der Waals surface area (Å²) in [6, 6.07) is -0.141. The maximum Gasteiger partial charge on any atom is 0.315 e. The highest BCUT2D eigenvalue weighted by atomic mass is 16.4. The molecule has 0 spiro atoms. The predicted octanol–water partition coefficient (Wildman–Crippen LogP) is 1.52. The van der Waals surface area contributed by atoms with E-state index < -0.39 is 5.97 Å². The molecule has 0 aromatic rings. The summed E-state index contributed by atoms with van der Waals surface area (Å²) >= 11 is 0. The van der Waals surface area contributed by atoms with Crippen molar-refractivity contribution in [3.63, 3.8) is 0 Å². The molecule has 0 aliphatic heterocycles. The van der Waals surface area contributed by atoms with Gasteiger partial charge in [-0.3, -0.25) is 4.79 Å². The summed E-state index contributed by atoms with van der Waals surface area (Å²) in [4.78, 5) is 25.2. The smallest absolute Gasteiger partial charge is 0.315 e. The molecule has 1 saturated carbocycles. The predicted molar refractivity (Wildman–Crippen MR) is 82.2 cm³/mol. The summed E-state index contributed by atoms with van der Waals surface area (Å²) in [5.74, 6) is -0.738. The van der Waals surface area contributed by atoms with Crippen molar-refractivity contribution in [3.05, 3.63) is 0 Å². The summed E-state index contributed by atoms with van der Waals surface area (Å²) in [6.45, 7) is 4.94. The number of carboxylic acid groups (broad SMARTS) is 1. The molecule has 21 heavy (non-hydrogen) atoms. The number of hydrogen-bond acceptors (Lipinski definition) is 3. The molecule has 1 rings (SSSR count). The normalized spacial score (nSPS) is 23.9. The molecule has 3 unspecified atom stereocenters. The average molecular weight is 299 g/mol. The van der Waals surface area contributed by atoms with Gasteiger partial charge >= 0.3 is 12.0 Å². The van der Waals surface area contributed by atoms with Crippen LogP contribution in [-0.4, -0.2) is 54.7 Å². The molecule has 0 aromatic heterocycles. The van der Waals surface area contributed by atoms with Crippen LogP contribution < -0.4 is 10.6 Å². The molecule has 0 heterocycles. The van der Waals surface area contributed by atoms with Crippen molar-refractivity contribution in [2.75, 3.05) is 20.6 Å². The van der Waals surface area contributed by atoms with Crippen LogP contribution in [0.2, 0.25) is 0 Å². The number of hydrogen-bond donors (Lipinski definition) is 3. The molecule has 2 amide bonds. The van der Waals surface area contributed by atoms with E-state index in [1.165, 1.54) is 0 Å². The highest BCUT2D eigenvalue weighted by Crippen LogP contribution is 2.24. The first-order valence-corrected chi connectivity index (χ1v) is 7.74. The van der Waals surface area contributed by atoms with Crippen molar-refractivity contribution in [3.8, 4) is 0 Å². The number of urea groups is 1. The second-order valence-corrected chi connectivity index (χ2v) is 6.63. The maximum absolute atomic E-state index is 12.1. The lowest BCUT2D eigenvalue weighted by atomic mass is 9.86. The highest BCUT2D eigenvalue weighted by Gasteiger charge is 2.28. The average Bonchev–Trinajstić information content (AvgIpc) is 2.37. The van der Waals surface area contributed by atoms with Crippen LogP contribution >= 0.6 is 0 Å². The van der Waals surface area contributed by atoms with Crippen molar-refractivity contribution in [1.82, 2.24) is 15.5 Å². The summed E-state index contributed by atoms with van der Waals surface area (Å²) in [6.07, 6.45) is 2.96. The van der Waals surface area contributed by atoms with E-state index in [1.54, 1.807) is 0 Å². The Morgan fingerprint density at radius 3 is 2.48 bits per heavy atom. The molecule has 3 N–H and O–H groups in total. The number of nitrogens with one attached hydrogen (secondary N) is 2. The van der Waals surface area contributed by atoms with E-state index in [-0.39, 0.29) is 24.0 Å². The maximum atomic E-state index is 12.1. The summed E-state index contributed by atoms with van der Waals surface area (Å²) < 4.78 is 0. The van der Waals surface area contributed by atoms with Gasteiger partial charge in [0, 0.05) is 18.6 Å². The van der Waals surface area contributed by atoms with Crippen LogP contribution in [0.3, 0.4) is 0 Å². The van der Waals surface area contributed by atoms with Gasteiger partial charge in [-0.05, 0) is 39.3 Å².